The van der Waals surface area contributed by atoms with Crippen LogP contribution in [0.15, 0.2) is 29.3 Å². The van der Waals surface area contributed by atoms with Gasteiger partial charge in [-0.25, -0.2) is 4.99 Å². The molecule has 0 unspecified atom stereocenters. The number of ether oxygens (including phenoxy) is 2. The lowest BCUT2D eigenvalue weighted by Crippen LogP contribution is -2.32. The molecule has 0 atom stereocenters. The fourth-order valence-electron chi connectivity index (χ4n) is 1.79. The Morgan fingerprint density at radius 1 is 1.18 bits per heavy atom. The van der Waals surface area contributed by atoms with Crippen LogP contribution in [0.4, 0.5) is 5.69 Å². The Morgan fingerprint density at radius 2 is 1.95 bits per heavy atom. The zero-order chi connectivity index (χ0) is 16.0. The zero-order valence-electron chi connectivity index (χ0n) is 13.6. The van der Waals surface area contributed by atoms with Crippen LogP contribution in [0.3, 0.4) is 0 Å². The summed E-state index contributed by atoms with van der Waals surface area (Å²) in [5.74, 6) is 0.471. The van der Waals surface area contributed by atoms with Crippen LogP contribution < -0.4 is 16.4 Å². The molecule has 0 aliphatic carbocycles. The van der Waals surface area contributed by atoms with E-state index >= 15 is 0 Å². The van der Waals surface area contributed by atoms with Gasteiger partial charge in [0, 0.05) is 39.1 Å². The first-order valence-electron chi connectivity index (χ1n) is 7.69. The van der Waals surface area contributed by atoms with Gasteiger partial charge in [0.1, 0.15) is 0 Å². The van der Waals surface area contributed by atoms with Crippen molar-refractivity contribution in [1.82, 2.24) is 5.32 Å². The van der Waals surface area contributed by atoms with Gasteiger partial charge >= 0.3 is 0 Å². The monoisotopic (exact) mass is 308 g/mol. The number of nitrogens with one attached hydrogen (secondary N) is 2. The minimum absolute atomic E-state index is 0.471. The van der Waals surface area contributed by atoms with E-state index in [-0.39, 0.29) is 0 Å². The molecule has 0 fully saturated rings. The Bertz CT molecular complexity index is 421. The first-order valence-corrected chi connectivity index (χ1v) is 7.69. The highest BCUT2D eigenvalue weighted by molar-refractivity contribution is 5.77. The molecule has 22 heavy (non-hydrogen) atoms. The van der Waals surface area contributed by atoms with E-state index in [4.69, 9.17) is 15.2 Å². The number of rotatable bonds is 11. The molecule has 0 aliphatic heterocycles. The van der Waals surface area contributed by atoms with Gasteiger partial charge in [-0.2, -0.15) is 0 Å². The summed E-state index contributed by atoms with van der Waals surface area (Å²) in [4.78, 5) is 4.32. The van der Waals surface area contributed by atoms with Crippen LogP contribution in [0.5, 0.6) is 0 Å². The second-order valence-electron chi connectivity index (χ2n) is 4.80. The topological polar surface area (TPSA) is 80.9 Å². The highest BCUT2D eigenvalue weighted by Gasteiger charge is 1.96. The van der Waals surface area contributed by atoms with Gasteiger partial charge in [-0.3, -0.25) is 0 Å². The molecule has 4 N–H and O–H groups in total. The SMILES string of the molecule is CCOCCCNC(N)=NCc1ccc(NCCOC)cc1. The summed E-state index contributed by atoms with van der Waals surface area (Å²) in [5, 5.41) is 6.35. The second-order valence-corrected chi connectivity index (χ2v) is 4.80. The number of hydrogen-bond acceptors (Lipinski definition) is 4. The van der Waals surface area contributed by atoms with E-state index in [1.54, 1.807) is 7.11 Å². The minimum atomic E-state index is 0.471. The number of guanidine groups is 1. The van der Waals surface area contributed by atoms with Crippen molar-refractivity contribution in [3.8, 4) is 0 Å². The molecule has 1 aromatic carbocycles. The largest absolute Gasteiger partial charge is 0.383 e. The van der Waals surface area contributed by atoms with E-state index in [0.717, 1.165) is 44.0 Å². The average Bonchev–Trinajstić information content (AvgIpc) is 2.54. The molecule has 1 rings (SSSR count). The van der Waals surface area contributed by atoms with Gasteiger partial charge in [0.15, 0.2) is 5.96 Å². The molecule has 0 saturated heterocycles. The highest BCUT2D eigenvalue weighted by atomic mass is 16.5. The van der Waals surface area contributed by atoms with Crippen LogP contribution in [0, 0.1) is 0 Å². The summed E-state index contributed by atoms with van der Waals surface area (Å²) >= 11 is 0. The molecule has 6 nitrogen and oxygen atoms in total. The molecule has 0 aromatic heterocycles. The number of methoxy groups -OCH3 is 1. The number of aliphatic imine (C=N–C) groups is 1. The van der Waals surface area contributed by atoms with Crippen molar-refractivity contribution < 1.29 is 9.47 Å². The van der Waals surface area contributed by atoms with Gasteiger partial charge in [0.05, 0.1) is 13.2 Å². The number of nitrogens with zero attached hydrogens (tertiary/aromatic N) is 1. The zero-order valence-corrected chi connectivity index (χ0v) is 13.6. The molecule has 0 heterocycles. The van der Waals surface area contributed by atoms with Gasteiger partial charge in [0.2, 0.25) is 0 Å². The maximum absolute atomic E-state index is 5.82. The molecule has 0 amide bonds. The quantitative estimate of drug-likeness (QED) is 0.328. The van der Waals surface area contributed by atoms with Crippen molar-refractivity contribution in [3.05, 3.63) is 29.8 Å². The van der Waals surface area contributed by atoms with E-state index < -0.39 is 0 Å². The predicted molar refractivity (Wildman–Crippen MR) is 91.2 cm³/mol. The third kappa shape index (κ3) is 8.49. The normalized spacial score (nSPS) is 11.5. The fourth-order valence-corrected chi connectivity index (χ4v) is 1.79. The Labute approximate surface area is 133 Å². The van der Waals surface area contributed by atoms with Gasteiger partial charge < -0.3 is 25.8 Å². The Balaban J connectivity index is 2.26. The number of anilines is 1. The third-order valence-electron chi connectivity index (χ3n) is 3.00. The molecule has 0 radical (unpaired) electrons. The number of nitrogens with two attached hydrogens (primary N) is 1. The van der Waals surface area contributed by atoms with E-state index in [9.17, 15) is 0 Å². The van der Waals surface area contributed by atoms with E-state index in [1.807, 2.05) is 31.2 Å². The fraction of sp³-hybridized carbons (Fsp3) is 0.562. The van der Waals surface area contributed by atoms with Crippen molar-refractivity contribution in [2.45, 2.75) is 19.9 Å². The summed E-state index contributed by atoms with van der Waals surface area (Å²) in [6.07, 6.45) is 0.923. The van der Waals surface area contributed by atoms with Crippen LogP contribution in [0.25, 0.3) is 0 Å². The molecular weight excluding hydrogens is 280 g/mol. The first-order chi connectivity index (χ1) is 10.8. The molecule has 0 spiro atoms. The van der Waals surface area contributed by atoms with E-state index in [2.05, 4.69) is 15.6 Å². The van der Waals surface area contributed by atoms with Gasteiger partial charge in [0.25, 0.3) is 0 Å². The molecule has 6 heteroatoms. The van der Waals surface area contributed by atoms with E-state index in [1.165, 1.54) is 0 Å². The van der Waals surface area contributed by atoms with Crippen LogP contribution in [-0.2, 0) is 16.0 Å². The molecule has 0 bridgehead atoms. The van der Waals surface area contributed by atoms with E-state index in [0.29, 0.717) is 19.1 Å². The van der Waals surface area contributed by atoms with Gasteiger partial charge in [-0.1, -0.05) is 12.1 Å². The van der Waals surface area contributed by atoms with Crippen molar-refractivity contribution in [2.24, 2.45) is 10.7 Å². The lowest BCUT2D eigenvalue weighted by molar-refractivity contribution is 0.145. The lowest BCUT2D eigenvalue weighted by atomic mass is 10.2. The Kier molecular flexibility index (Phi) is 9.81. The Hall–Kier alpha value is -1.79. The number of hydrogen-bond donors (Lipinski definition) is 3. The first kappa shape index (κ1) is 18.3. The third-order valence-corrected chi connectivity index (χ3v) is 3.00. The van der Waals surface area contributed by atoms with Gasteiger partial charge in [-0.15, -0.1) is 0 Å². The molecule has 0 saturated carbocycles. The molecule has 124 valence electrons. The smallest absolute Gasteiger partial charge is 0.188 e. The van der Waals surface area contributed by atoms with Crippen LogP contribution in [-0.4, -0.2) is 46.0 Å². The van der Waals surface area contributed by atoms with Crippen molar-refractivity contribution in [2.75, 3.05) is 45.3 Å². The molecule has 0 aliphatic rings. The standard InChI is InChI=1S/C16H28N4O2/c1-3-22-11-4-9-19-16(17)20-13-14-5-7-15(8-6-14)18-10-12-21-2/h5-8,18H,3-4,9-13H2,1-2H3,(H3,17,19,20). The highest BCUT2D eigenvalue weighted by Crippen LogP contribution is 2.09. The maximum Gasteiger partial charge on any atom is 0.188 e. The lowest BCUT2D eigenvalue weighted by Gasteiger charge is -2.07. The van der Waals surface area contributed by atoms with Gasteiger partial charge in [-0.05, 0) is 31.0 Å². The average molecular weight is 308 g/mol. The number of benzene rings is 1. The van der Waals surface area contributed by atoms with Crippen molar-refractivity contribution in [1.29, 1.82) is 0 Å². The van der Waals surface area contributed by atoms with Crippen molar-refractivity contribution in [3.63, 3.8) is 0 Å². The molecular formula is C16H28N4O2. The predicted octanol–water partition coefficient (Wildman–Crippen LogP) is 1.58. The van der Waals surface area contributed by atoms with Crippen molar-refractivity contribution >= 4 is 11.6 Å². The summed E-state index contributed by atoms with van der Waals surface area (Å²) in [6, 6.07) is 8.15. The van der Waals surface area contributed by atoms with Crippen LogP contribution in [0.2, 0.25) is 0 Å². The Morgan fingerprint density at radius 3 is 2.64 bits per heavy atom. The summed E-state index contributed by atoms with van der Waals surface area (Å²) in [6.45, 7) is 6.32. The van der Waals surface area contributed by atoms with Crippen LogP contribution in [0.1, 0.15) is 18.9 Å². The minimum Gasteiger partial charge on any atom is -0.383 e. The maximum atomic E-state index is 5.82. The summed E-state index contributed by atoms with van der Waals surface area (Å²) in [7, 11) is 1.69. The van der Waals surface area contributed by atoms with Crippen LogP contribution >= 0.6 is 0 Å². The summed E-state index contributed by atoms with van der Waals surface area (Å²) < 4.78 is 10.3. The molecule has 1 aromatic rings. The second kappa shape index (κ2) is 11.8. The summed E-state index contributed by atoms with van der Waals surface area (Å²) in [5.41, 5.74) is 8.02.